The number of rotatable bonds is 3. The zero-order valence-corrected chi connectivity index (χ0v) is 12.2. The molecule has 2 aromatic rings. The largest absolute Gasteiger partial charge is 0.497 e. The average molecular weight is 287 g/mol. The van der Waals surface area contributed by atoms with Crippen LogP contribution in [0.15, 0.2) is 18.2 Å². The molecule has 0 saturated carbocycles. The maximum Gasteiger partial charge on any atom is 0.226 e. The molecule has 6 nitrogen and oxygen atoms in total. The van der Waals surface area contributed by atoms with E-state index in [9.17, 15) is 4.79 Å². The van der Waals surface area contributed by atoms with Crippen LogP contribution in [0.4, 0.5) is 5.82 Å². The Labute approximate surface area is 122 Å². The highest BCUT2D eigenvalue weighted by Crippen LogP contribution is 2.42. The van der Waals surface area contributed by atoms with Crippen molar-refractivity contribution in [1.82, 2.24) is 10.2 Å². The summed E-state index contributed by atoms with van der Waals surface area (Å²) in [5.41, 5.74) is 2.92. The van der Waals surface area contributed by atoms with E-state index >= 15 is 0 Å². The summed E-state index contributed by atoms with van der Waals surface area (Å²) < 4.78 is 10.7. The highest BCUT2D eigenvalue weighted by atomic mass is 16.5. The molecule has 0 aliphatic carbocycles. The fourth-order valence-electron chi connectivity index (χ4n) is 2.80. The van der Waals surface area contributed by atoms with Gasteiger partial charge in [-0.1, -0.05) is 6.07 Å². The van der Waals surface area contributed by atoms with Crippen molar-refractivity contribution in [2.75, 3.05) is 19.5 Å². The number of hydrogen-bond acceptors (Lipinski definition) is 4. The van der Waals surface area contributed by atoms with Crippen molar-refractivity contribution in [2.24, 2.45) is 0 Å². The first kappa shape index (κ1) is 13.5. The molecule has 1 aliphatic heterocycles. The third-order valence-corrected chi connectivity index (χ3v) is 3.81. The number of hydrogen-bond donors (Lipinski definition) is 2. The molecule has 0 fully saturated rings. The second-order valence-corrected chi connectivity index (χ2v) is 5.02. The van der Waals surface area contributed by atoms with Gasteiger partial charge in [0.2, 0.25) is 5.91 Å². The van der Waals surface area contributed by atoms with Crippen LogP contribution in [0.5, 0.6) is 11.5 Å². The third-order valence-electron chi connectivity index (χ3n) is 3.81. The molecule has 0 radical (unpaired) electrons. The molecule has 0 unspecified atom stereocenters. The maximum atomic E-state index is 11.9. The predicted molar refractivity (Wildman–Crippen MR) is 78.0 cm³/mol. The molecule has 0 bridgehead atoms. The van der Waals surface area contributed by atoms with Crippen LogP contribution < -0.4 is 14.8 Å². The number of H-pyrrole nitrogens is 1. The van der Waals surface area contributed by atoms with Crippen molar-refractivity contribution >= 4 is 11.7 Å². The van der Waals surface area contributed by atoms with Gasteiger partial charge >= 0.3 is 0 Å². The first-order chi connectivity index (χ1) is 10.1. The average Bonchev–Trinajstić information content (AvgIpc) is 2.87. The number of ether oxygens (including phenoxy) is 2. The number of benzene rings is 1. The second-order valence-electron chi connectivity index (χ2n) is 5.02. The molecular formula is C15H17N3O3. The molecule has 1 amide bonds. The lowest BCUT2D eigenvalue weighted by atomic mass is 9.85. The van der Waals surface area contributed by atoms with Crippen LogP contribution >= 0.6 is 0 Å². The minimum atomic E-state index is -0.0756. The third kappa shape index (κ3) is 2.22. The Balaban J connectivity index is 2.12. The van der Waals surface area contributed by atoms with E-state index in [-0.39, 0.29) is 11.8 Å². The summed E-state index contributed by atoms with van der Waals surface area (Å²) in [6.45, 7) is 1.95. The number of fused-ring (bicyclic) bond motifs is 1. The summed E-state index contributed by atoms with van der Waals surface area (Å²) in [5.74, 6) is 1.91. The van der Waals surface area contributed by atoms with Crippen molar-refractivity contribution in [3.63, 3.8) is 0 Å². The van der Waals surface area contributed by atoms with Crippen LogP contribution in [-0.2, 0) is 4.79 Å². The monoisotopic (exact) mass is 287 g/mol. The summed E-state index contributed by atoms with van der Waals surface area (Å²) in [6, 6.07) is 5.65. The van der Waals surface area contributed by atoms with E-state index in [4.69, 9.17) is 9.47 Å². The zero-order valence-electron chi connectivity index (χ0n) is 12.2. The van der Waals surface area contributed by atoms with Gasteiger partial charge in [0.1, 0.15) is 11.5 Å². The molecule has 1 aromatic heterocycles. The van der Waals surface area contributed by atoms with Crippen LogP contribution in [0.1, 0.15) is 29.2 Å². The Kier molecular flexibility index (Phi) is 3.29. The van der Waals surface area contributed by atoms with E-state index in [0.29, 0.717) is 18.0 Å². The van der Waals surface area contributed by atoms with Gasteiger partial charge in [0.15, 0.2) is 5.82 Å². The maximum absolute atomic E-state index is 11.9. The minimum Gasteiger partial charge on any atom is -0.497 e. The highest BCUT2D eigenvalue weighted by molar-refractivity contribution is 5.94. The number of anilines is 1. The predicted octanol–water partition coefficient (Wildman–Crippen LogP) is 2.21. The number of amides is 1. The Morgan fingerprint density at radius 3 is 2.81 bits per heavy atom. The molecule has 3 rings (SSSR count). The van der Waals surface area contributed by atoms with Gasteiger partial charge in [0.25, 0.3) is 0 Å². The van der Waals surface area contributed by atoms with Crippen molar-refractivity contribution < 1.29 is 14.3 Å². The van der Waals surface area contributed by atoms with E-state index in [0.717, 1.165) is 22.6 Å². The molecule has 1 atom stereocenters. The number of nitrogens with one attached hydrogen (secondary N) is 2. The van der Waals surface area contributed by atoms with Crippen molar-refractivity contribution in [3.05, 3.63) is 35.0 Å². The second kappa shape index (κ2) is 5.12. The summed E-state index contributed by atoms with van der Waals surface area (Å²) in [6.07, 6.45) is 0.371. The van der Waals surface area contributed by atoms with Gasteiger partial charge in [-0.2, -0.15) is 5.10 Å². The quantitative estimate of drug-likeness (QED) is 0.907. The Morgan fingerprint density at radius 1 is 1.29 bits per heavy atom. The van der Waals surface area contributed by atoms with E-state index in [1.165, 1.54) is 0 Å². The van der Waals surface area contributed by atoms with E-state index in [1.807, 2.05) is 25.1 Å². The van der Waals surface area contributed by atoms with Crippen LogP contribution in [0.3, 0.4) is 0 Å². The van der Waals surface area contributed by atoms with Crippen LogP contribution in [0.25, 0.3) is 0 Å². The number of aromatic nitrogens is 2. The zero-order chi connectivity index (χ0) is 15.0. The number of carbonyl (C=O) groups is 1. The van der Waals surface area contributed by atoms with E-state index in [2.05, 4.69) is 15.5 Å². The summed E-state index contributed by atoms with van der Waals surface area (Å²) in [5, 5.41) is 9.87. The van der Waals surface area contributed by atoms with Gasteiger partial charge in [0.05, 0.1) is 14.2 Å². The summed E-state index contributed by atoms with van der Waals surface area (Å²) in [4.78, 5) is 11.9. The highest BCUT2D eigenvalue weighted by Gasteiger charge is 2.32. The van der Waals surface area contributed by atoms with Crippen molar-refractivity contribution in [2.45, 2.75) is 19.3 Å². The van der Waals surface area contributed by atoms with E-state index < -0.39 is 0 Å². The Morgan fingerprint density at radius 2 is 2.10 bits per heavy atom. The molecule has 110 valence electrons. The fourth-order valence-corrected chi connectivity index (χ4v) is 2.80. The molecule has 0 saturated heterocycles. The lowest BCUT2D eigenvalue weighted by Gasteiger charge is -2.24. The Hall–Kier alpha value is -2.50. The molecule has 2 N–H and O–H groups in total. The molecule has 21 heavy (non-hydrogen) atoms. The number of nitrogens with zero attached hydrogens (tertiary/aromatic N) is 1. The van der Waals surface area contributed by atoms with Crippen molar-refractivity contribution in [1.29, 1.82) is 0 Å². The first-order valence-corrected chi connectivity index (χ1v) is 6.70. The van der Waals surface area contributed by atoms with Gasteiger partial charge < -0.3 is 14.8 Å². The van der Waals surface area contributed by atoms with Gasteiger partial charge in [-0.3, -0.25) is 9.89 Å². The SMILES string of the molecule is COc1ccc([C@H]2CC(=O)Nc3n[nH]c(C)c32)c(OC)c1. The lowest BCUT2D eigenvalue weighted by molar-refractivity contribution is -0.116. The lowest BCUT2D eigenvalue weighted by Crippen LogP contribution is -2.23. The minimum absolute atomic E-state index is 0.0446. The smallest absolute Gasteiger partial charge is 0.226 e. The molecule has 1 aliphatic rings. The first-order valence-electron chi connectivity index (χ1n) is 6.70. The number of aromatic amines is 1. The normalized spacial score (nSPS) is 17.1. The van der Waals surface area contributed by atoms with Crippen LogP contribution in [0, 0.1) is 6.92 Å². The standard InChI is InChI=1S/C15H17N3O3/c1-8-14-11(7-13(19)16-15(14)18-17-8)10-5-4-9(20-2)6-12(10)21-3/h4-6,11H,7H2,1-3H3,(H2,16,17,18,19)/t11-/m1/s1. The van der Waals surface area contributed by atoms with E-state index in [1.54, 1.807) is 14.2 Å². The van der Waals surface area contributed by atoms with Crippen LogP contribution in [-0.4, -0.2) is 30.3 Å². The van der Waals surface area contributed by atoms with Crippen molar-refractivity contribution in [3.8, 4) is 11.5 Å². The van der Waals surface area contributed by atoms with Gasteiger partial charge in [0, 0.05) is 35.2 Å². The summed E-state index contributed by atoms with van der Waals surface area (Å²) >= 11 is 0. The molecule has 1 aromatic carbocycles. The van der Waals surface area contributed by atoms with Crippen LogP contribution in [0.2, 0.25) is 0 Å². The fraction of sp³-hybridized carbons (Fsp3) is 0.333. The number of aryl methyl sites for hydroxylation is 1. The number of carbonyl (C=O) groups excluding carboxylic acids is 1. The summed E-state index contributed by atoms with van der Waals surface area (Å²) in [7, 11) is 3.23. The number of methoxy groups -OCH3 is 2. The van der Waals surface area contributed by atoms with Gasteiger partial charge in [-0.05, 0) is 13.0 Å². The molecular weight excluding hydrogens is 270 g/mol. The molecule has 6 heteroatoms. The Bertz CT molecular complexity index is 693. The molecule has 2 heterocycles. The van der Waals surface area contributed by atoms with Gasteiger partial charge in [-0.25, -0.2) is 0 Å². The van der Waals surface area contributed by atoms with Gasteiger partial charge in [-0.15, -0.1) is 0 Å². The topological polar surface area (TPSA) is 76.2 Å². The molecule has 0 spiro atoms.